The number of esters is 1. The highest BCUT2D eigenvalue weighted by Gasteiger charge is 2.56. The topological polar surface area (TPSA) is 43.4 Å². The summed E-state index contributed by atoms with van der Waals surface area (Å²) in [5, 5.41) is 3.59. The number of carbonyl (C=O) groups excluding carboxylic acids is 2. The summed E-state index contributed by atoms with van der Waals surface area (Å²) in [6.07, 6.45) is 0.570. The molecule has 0 amide bonds. The van der Waals surface area contributed by atoms with Crippen molar-refractivity contribution in [2.45, 2.75) is 12.5 Å². The van der Waals surface area contributed by atoms with Gasteiger partial charge in [-0.25, -0.2) is 4.79 Å². The van der Waals surface area contributed by atoms with Crippen molar-refractivity contribution in [3.05, 3.63) is 199 Å². The first-order valence-corrected chi connectivity index (χ1v) is 17.5. The molecule has 0 saturated heterocycles. The van der Waals surface area contributed by atoms with Crippen molar-refractivity contribution in [1.82, 2.24) is 0 Å². The van der Waals surface area contributed by atoms with E-state index in [4.69, 9.17) is 4.74 Å². The summed E-state index contributed by atoms with van der Waals surface area (Å²) in [6.45, 7) is 2.07. The van der Waals surface area contributed by atoms with Gasteiger partial charge >= 0.3 is 5.97 Å². The molecule has 226 valence electrons. The molecular formula is C42H36O3P+. The van der Waals surface area contributed by atoms with Crippen LogP contribution >= 0.6 is 7.26 Å². The monoisotopic (exact) mass is 619 g/mol. The van der Waals surface area contributed by atoms with Crippen LogP contribution in [0.3, 0.4) is 0 Å². The largest absolute Gasteiger partial charge is 0.442 e. The lowest BCUT2D eigenvalue weighted by molar-refractivity contribution is -0.0310. The van der Waals surface area contributed by atoms with Gasteiger partial charge < -0.3 is 4.74 Å². The van der Waals surface area contributed by atoms with E-state index >= 15 is 4.79 Å². The summed E-state index contributed by atoms with van der Waals surface area (Å²) in [5.74, 6) is -1.24. The Kier molecular flexibility index (Phi) is 9.33. The smallest absolute Gasteiger partial charge is 0.339 e. The van der Waals surface area contributed by atoms with Crippen molar-refractivity contribution < 1.29 is 14.3 Å². The zero-order chi connectivity index (χ0) is 31.8. The highest BCUT2D eigenvalue weighted by atomic mass is 31.2. The number of ketones is 1. The van der Waals surface area contributed by atoms with Crippen LogP contribution in [0.5, 0.6) is 0 Å². The van der Waals surface area contributed by atoms with Gasteiger partial charge in [0.2, 0.25) is 11.4 Å². The average molecular weight is 620 g/mol. The fraction of sp³-hybridized carbons (Fsp3) is 0.0952. The minimum Gasteiger partial charge on any atom is -0.442 e. The molecular weight excluding hydrogens is 583 g/mol. The lowest BCUT2D eigenvalue weighted by atomic mass is 9.77. The van der Waals surface area contributed by atoms with Crippen LogP contribution in [-0.2, 0) is 10.3 Å². The minimum absolute atomic E-state index is 0.247. The Morgan fingerprint density at radius 2 is 0.870 bits per heavy atom. The number of benzene rings is 6. The van der Waals surface area contributed by atoms with Gasteiger partial charge in [0.1, 0.15) is 23.2 Å². The number of rotatable bonds is 11. The molecule has 0 heterocycles. The third kappa shape index (κ3) is 5.95. The van der Waals surface area contributed by atoms with E-state index in [0.29, 0.717) is 22.9 Å². The van der Waals surface area contributed by atoms with Crippen molar-refractivity contribution in [3.63, 3.8) is 0 Å². The molecule has 6 rings (SSSR count). The standard InChI is InChI=1S/C42H36O3P/c1-33(32-46(37-26-14-5-15-27-37,38-28-16-6-17-29-38)39-30-18-7-19-31-39)42(36-24-12-4-13-25-36,40(43)34-20-8-2-9-21-34)45-41(44)35-22-10-3-11-23-35/h2-31,33H,32H2,1H3/q+1/t33-,42+/m0/s1. The number of carbonyl (C=O) groups is 2. The molecule has 0 aliphatic heterocycles. The maximum atomic E-state index is 15.1. The van der Waals surface area contributed by atoms with Crippen molar-refractivity contribution in [3.8, 4) is 0 Å². The number of ether oxygens (including phenoxy) is 1. The highest BCUT2D eigenvalue weighted by Crippen LogP contribution is 2.59. The van der Waals surface area contributed by atoms with E-state index in [9.17, 15) is 4.79 Å². The van der Waals surface area contributed by atoms with Crippen LogP contribution < -0.4 is 15.9 Å². The third-order valence-corrected chi connectivity index (χ3v) is 13.3. The van der Waals surface area contributed by atoms with E-state index in [1.165, 1.54) is 15.9 Å². The van der Waals surface area contributed by atoms with Gasteiger partial charge in [0, 0.05) is 17.0 Å². The van der Waals surface area contributed by atoms with Crippen LogP contribution in [-0.4, -0.2) is 17.9 Å². The van der Waals surface area contributed by atoms with E-state index in [0.717, 1.165) is 0 Å². The van der Waals surface area contributed by atoms with Gasteiger partial charge in [0.05, 0.1) is 11.7 Å². The molecule has 0 unspecified atom stereocenters. The molecule has 0 aromatic heterocycles. The first-order valence-electron chi connectivity index (χ1n) is 15.5. The lowest BCUT2D eigenvalue weighted by Gasteiger charge is -2.40. The second-order valence-corrected chi connectivity index (χ2v) is 15.0. The number of hydrogen-bond donors (Lipinski definition) is 0. The third-order valence-electron chi connectivity index (χ3n) is 8.67. The van der Waals surface area contributed by atoms with Gasteiger partial charge in [-0.1, -0.05) is 140 Å². The van der Waals surface area contributed by atoms with Crippen LogP contribution in [0.15, 0.2) is 182 Å². The molecule has 0 aliphatic rings. The Hall–Kier alpha value is -5.11. The van der Waals surface area contributed by atoms with E-state index < -0.39 is 24.8 Å². The van der Waals surface area contributed by atoms with Gasteiger partial charge in [-0.3, -0.25) is 4.79 Å². The molecule has 6 aromatic carbocycles. The Balaban J connectivity index is 1.62. The zero-order valence-electron chi connectivity index (χ0n) is 25.8. The maximum Gasteiger partial charge on any atom is 0.339 e. The highest BCUT2D eigenvalue weighted by molar-refractivity contribution is 7.95. The summed E-state index contributed by atoms with van der Waals surface area (Å²) in [7, 11) is -2.42. The second-order valence-electron chi connectivity index (χ2n) is 11.5. The van der Waals surface area contributed by atoms with Crippen molar-refractivity contribution >= 4 is 34.9 Å². The molecule has 0 fully saturated rings. The maximum absolute atomic E-state index is 15.1. The van der Waals surface area contributed by atoms with Crippen molar-refractivity contribution in [2.75, 3.05) is 6.16 Å². The Morgan fingerprint density at radius 3 is 1.28 bits per heavy atom. The van der Waals surface area contributed by atoms with Crippen LogP contribution in [0, 0.1) is 5.92 Å². The summed E-state index contributed by atoms with van der Waals surface area (Å²) in [5.41, 5.74) is -0.0970. The molecule has 46 heavy (non-hydrogen) atoms. The molecule has 4 heteroatoms. The molecule has 0 saturated carbocycles. The molecule has 0 radical (unpaired) electrons. The fourth-order valence-corrected chi connectivity index (χ4v) is 11.1. The van der Waals surface area contributed by atoms with Gasteiger partial charge in [0.15, 0.2) is 0 Å². The van der Waals surface area contributed by atoms with Gasteiger partial charge in [-0.15, -0.1) is 0 Å². The van der Waals surface area contributed by atoms with Gasteiger partial charge in [0.25, 0.3) is 0 Å². The van der Waals surface area contributed by atoms with Crippen LogP contribution in [0.1, 0.15) is 33.2 Å². The van der Waals surface area contributed by atoms with Gasteiger partial charge in [-0.2, -0.15) is 0 Å². The lowest BCUT2D eigenvalue weighted by Crippen LogP contribution is -2.49. The minimum atomic E-state index is -2.42. The average Bonchev–Trinajstić information content (AvgIpc) is 3.14. The summed E-state index contributed by atoms with van der Waals surface area (Å²) < 4.78 is 6.67. The summed E-state index contributed by atoms with van der Waals surface area (Å²) in [6, 6.07) is 59.4. The Bertz CT molecular complexity index is 1770. The van der Waals surface area contributed by atoms with Crippen LogP contribution in [0.2, 0.25) is 0 Å². The van der Waals surface area contributed by atoms with Crippen LogP contribution in [0.4, 0.5) is 0 Å². The molecule has 6 aromatic rings. The summed E-state index contributed by atoms with van der Waals surface area (Å²) in [4.78, 5) is 29.2. The second kappa shape index (κ2) is 13.9. The van der Waals surface area contributed by atoms with E-state index in [1.807, 2.05) is 72.8 Å². The quantitative estimate of drug-likeness (QED) is 0.0834. The number of Topliss-reactive ketones (excluding diaryl/α,β-unsaturated/α-hetero) is 1. The van der Waals surface area contributed by atoms with Gasteiger partial charge in [-0.05, 0) is 48.5 Å². The van der Waals surface area contributed by atoms with E-state index in [2.05, 4.69) is 79.7 Å². The first kappa shape index (κ1) is 30.9. The van der Waals surface area contributed by atoms with E-state index in [1.54, 1.807) is 36.4 Å². The Labute approximate surface area is 271 Å². The summed E-state index contributed by atoms with van der Waals surface area (Å²) >= 11 is 0. The number of hydrogen-bond acceptors (Lipinski definition) is 3. The van der Waals surface area contributed by atoms with Crippen molar-refractivity contribution in [2.24, 2.45) is 5.92 Å². The molecule has 0 aliphatic carbocycles. The SMILES string of the molecule is C[C@@H](C[P+](c1ccccc1)(c1ccccc1)c1ccccc1)[C@](OC(=O)c1ccccc1)(C(=O)c1ccccc1)c1ccccc1. The van der Waals surface area contributed by atoms with Crippen LogP contribution in [0.25, 0.3) is 0 Å². The predicted octanol–water partition coefficient (Wildman–Crippen LogP) is 8.25. The normalized spacial score (nSPS) is 13.2. The van der Waals surface area contributed by atoms with E-state index in [-0.39, 0.29) is 5.78 Å². The molecule has 2 atom stereocenters. The zero-order valence-corrected chi connectivity index (χ0v) is 26.7. The fourth-order valence-electron chi connectivity index (χ4n) is 6.46. The molecule has 0 spiro atoms. The first-order chi connectivity index (χ1) is 22.6. The molecule has 3 nitrogen and oxygen atoms in total. The molecule has 0 N–H and O–H groups in total. The Morgan fingerprint density at radius 1 is 0.522 bits per heavy atom. The van der Waals surface area contributed by atoms with Crippen molar-refractivity contribution in [1.29, 1.82) is 0 Å². The molecule has 0 bridgehead atoms. The predicted molar refractivity (Wildman–Crippen MR) is 190 cm³/mol.